The van der Waals surface area contributed by atoms with E-state index in [0.717, 1.165) is 43.9 Å². The quantitative estimate of drug-likeness (QED) is 0.672. The highest BCUT2D eigenvalue weighted by molar-refractivity contribution is 5.30. The summed E-state index contributed by atoms with van der Waals surface area (Å²) in [5.41, 5.74) is 0.173. The van der Waals surface area contributed by atoms with Crippen molar-refractivity contribution >= 4 is 0 Å². The van der Waals surface area contributed by atoms with Crippen LogP contribution in [0, 0.1) is 5.82 Å². The molecular weight excluding hydrogens is 296 g/mol. The number of benzene rings is 1. The molecule has 1 aromatic rings. The van der Waals surface area contributed by atoms with E-state index in [1.165, 1.54) is 6.07 Å². The predicted molar refractivity (Wildman–Crippen MR) is 78.0 cm³/mol. The van der Waals surface area contributed by atoms with Gasteiger partial charge in [0.1, 0.15) is 5.82 Å². The van der Waals surface area contributed by atoms with Crippen LogP contribution in [0.3, 0.4) is 0 Å². The van der Waals surface area contributed by atoms with Gasteiger partial charge in [-0.05, 0) is 31.0 Å². The van der Waals surface area contributed by atoms with Crippen LogP contribution in [0.4, 0.5) is 17.6 Å². The lowest BCUT2D eigenvalue weighted by Crippen LogP contribution is -2.45. The monoisotopic (exact) mass is 316 g/mol. The molecule has 0 radical (unpaired) electrons. The molecule has 122 valence electrons. The SMILES string of the molecule is C=C(C)C[C@H](c1ccc(F)c(C(F)(F)F)c1)N1CCNCC1. The van der Waals surface area contributed by atoms with Crippen molar-refractivity contribution < 1.29 is 17.6 Å². The lowest BCUT2D eigenvalue weighted by atomic mass is 9.96. The van der Waals surface area contributed by atoms with Crippen LogP contribution in [0.2, 0.25) is 0 Å². The minimum absolute atomic E-state index is 0.207. The number of piperazine rings is 1. The van der Waals surface area contributed by atoms with E-state index in [1.807, 2.05) is 6.92 Å². The standard InChI is InChI=1S/C16H20F4N2/c1-11(2)9-15(22-7-5-21-6-8-22)12-3-4-14(17)13(10-12)16(18,19)20/h3-4,10,15,21H,1,5-9H2,2H3/t15-/m1/s1. The molecule has 1 aliphatic heterocycles. The molecule has 0 spiro atoms. The Kier molecular flexibility index (Phi) is 5.24. The molecule has 1 aromatic carbocycles. The number of rotatable bonds is 4. The largest absolute Gasteiger partial charge is 0.419 e. The summed E-state index contributed by atoms with van der Waals surface area (Å²) in [7, 11) is 0. The van der Waals surface area contributed by atoms with E-state index in [2.05, 4.69) is 16.8 Å². The van der Waals surface area contributed by atoms with Gasteiger partial charge >= 0.3 is 6.18 Å². The molecule has 1 aliphatic rings. The first-order valence-electron chi connectivity index (χ1n) is 7.25. The molecule has 6 heteroatoms. The van der Waals surface area contributed by atoms with Gasteiger partial charge in [0.2, 0.25) is 0 Å². The zero-order valence-electron chi connectivity index (χ0n) is 12.5. The molecule has 1 atom stereocenters. The maximum absolute atomic E-state index is 13.5. The van der Waals surface area contributed by atoms with E-state index in [0.29, 0.717) is 12.0 Å². The average molecular weight is 316 g/mol. The Morgan fingerprint density at radius 2 is 1.95 bits per heavy atom. The smallest absolute Gasteiger partial charge is 0.314 e. The van der Waals surface area contributed by atoms with Crippen LogP contribution in [0.5, 0.6) is 0 Å². The highest BCUT2D eigenvalue weighted by Crippen LogP contribution is 2.35. The first-order chi connectivity index (χ1) is 10.3. The van der Waals surface area contributed by atoms with Crippen LogP contribution in [-0.4, -0.2) is 31.1 Å². The summed E-state index contributed by atoms with van der Waals surface area (Å²) in [5, 5.41) is 3.22. The third-order valence-corrected chi connectivity index (χ3v) is 3.81. The number of halogens is 4. The molecule has 0 saturated carbocycles. The summed E-state index contributed by atoms with van der Waals surface area (Å²) in [6.07, 6.45) is -4.12. The van der Waals surface area contributed by atoms with Crippen molar-refractivity contribution in [3.05, 3.63) is 47.3 Å². The third kappa shape index (κ3) is 4.08. The minimum Gasteiger partial charge on any atom is -0.314 e. The first kappa shape index (κ1) is 17.0. The molecule has 1 saturated heterocycles. The van der Waals surface area contributed by atoms with Gasteiger partial charge in [-0.1, -0.05) is 11.6 Å². The molecule has 1 N–H and O–H groups in total. The van der Waals surface area contributed by atoms with E-state index < -0.39 is 17.6 Å². The van der Waals surface area contributed by atoms with Gasteiger partial charge in [0.05, 0.1) is 5.56 Å². The summed E-state index contributed by atoms with van der Waals surface area (Å²) in [6.45, 7) is 8.79. The Hall–Kier alpha value is -1.40. The van der Waals surface area contributed by atoms with E-state index >= 15 is 0 Å². The summed E-state index contributed by atoms with van der Waals surface area (Å²) in [5.74, 6) is -1.23. The van der Waals surface area contributed by atoms with Crippen molar-refractivity contribution in [3.8, 4) is 0 Å². The van der Waals surface area contributed by atoms with Gasteiger partial charge in [-0.3, -0.25) is 4.90 Å². The van der Waals surface area contributed by atoms with Gasteiger partial charge in [-0.25, -0.2) is 4.39 Å². The molecule has 1 fully saturated rings. The molecule has 0 amide bonds. The fraction of sp³-hybridized carbons (Fsp3) is 0.500. The predicted octanol–water partition coefficient (Wildman–Crippen LogP) is 3.76. The summed E-state index contributed by atoms with van der Waals surface area (Å²) in [4.78, 5) is 2.12. The Labute approximate surface area is 127 Å². The first-order valence-corrected chi connectivity index (χ1v) is 7.25. The van der Waals surface area contributed by atoms with Crippen molar-refractivity contribution in [1.29, 1.82) is 0 Å². The summed E-state index contributed by atoms with van der Waals surface area (Å²) in [6, 6.07) is 3.08. The second-order valence-corrected chi connectivity index (χ2v) is 5.70. The average Bonchev–Trinajstić information content (AvgIpc) is 2.45. The zero-order valence-corrected chi connectivity index (χ0v) is 12.5. The fourth-order valence-electron chi connectivity index (χ4n) is 2.75. The molecule has 2 rings (SSSR count). The van der Waals surface area contributed by atoms with E-state index in [4.69, 9.17) is 0 Å². The van der Waals surface area contributed by atoms with E-state index in [-0.39, 0.29) is 6.04 Å². The Balaban J connectivity index is 2.36. The van der Waals surface area contributed by atoms with Crippen molar-refractivity contribution in [1.82, 2.24) is 10.2 Å². The van der Waals surface area contributed by atoms with Gasteiger partial charge in [0.15, 0.2) is 0 Å². The summed E-state index contributed by atoms with van der Waals surface area (Å²) < 4.78 is 52.2. The molecule has 0 unspecified atom stereocenters. The molecule has 2 nitrogen and oxygen atoms in total. The van der Waals surface area contributed by atoms with Gasteiger partial charge in [-0.15, -0.1) is 6.58 Å². The third-order valence-electron chi connectivity index (χ3n) is 3.81. The van der Waals surface area contributed by atoms with Crippen LogP contribution in [-0.2, 0) is 6.18 Å². The fourth-order valence-corrected chi connectivity index (χ4v) is 2.75. The van der Waals surface area contributed by atoms with Crippen LogP contribution in [0.1, 0.15) is 30.5 Å². The van der Waals surface area contributed by atoms with Gasteiger partial charge < -0.3 is 5.32 Å². The lowest BCUT2D eigenvalue weighted by Gasteiger charge is -2.35. The second-order valence-electron chi connectivity index (χ2n) is 5.70. The topological polar surface area (TPSA) is 15.3 Å². The number of hydrogen-bond donors (Lipinski definition) is 1. The van der Waals surface area contributed by atoms with E-state index in [1.54, 1.807) is 0 Å². The van der Waals surface area contributed by atoms with Crippen LogP contribution in [0.25, 0.3) is 0 Å². The molecule has 1 heterocycles. The minimum atomic E-state index is -4.68. The van der Waals surface area contributed by atoms with Gasteiger partial charge in [0.25, 0.3) is 0 Å². The van der Waals surface area contributed by atoms with Crippen molar-refractivity contribution in [2.75, 3.05) is 26.2 Å². The summed E-state index contributed by atoms with van der Waals surface area (Å²) >= 11 is 0. The van der Waals surface area contributed by atoms with Crippen LogP contribution < -0.4 is 5.32 Å². The number of nitrogens with zero attached hydrogens (tertiary/aromatic N) is 1. The van der Waals surface area contributed by atoms with Gasteiger partial charge in [0, 0.05) is 32.2 Å². The Bertz CT molecular complexity index is 533. The Morgan fingerprint density at radius 3 is 2.50 bits per heavy atom. The second kappa shape index (κ2) is 6.79. The normalized spacial score (nSPS) is 18.2. The van der Waals surface area contributed by atoms with Crippen LogP contribution in [0.15, 0.2) is 30.4 Å². The highest BCUT2D eigenvalue weighted by atomic mass is 19.4. The van der Waals surface area contributed by atoms with Crippen molar-refractivity contribution in [2.45, 2.75) is 25.6 Å². The molecule has 0 aromatic heterocycles. The molecular formula is C16H20F4N2. The zero-order chi connectivity index (χ0) is 16.3. The lowest BCUT2D eigenvalue weighted by molar-refractivity contribution is -0.140. The molecule has 0 bridgehead atoms. The Morgan fingerprint density at radius 1 is 1.32 bits per heavy atom. The molecule has 22 heavy (non-hydrogen) atoms. The number of nitrogens with one attached hydrogen (secondary N) is 1. The van der Waals surface area contributed by atoms with E-state index in [9.17, 15) is 17.6 Å². The maximum Gasteiger partial charge on any atom is 0.419 e. The maximum atomic E-state index is 13.5. The van der Waals surface area contributed by atoms with Crippen molar-refractivity contribution in [2.24, 2.45) is 0 Å². The molecule has 0 aliphatic carbocycles. The van der Waals surface area contributed by atoms with Crippen molar-refractivity contribution in [3.63, 3.8) is 0 Å². The highest BCUT2D eigenvalue weighted by Gasteiger charge is 2.35. The van der Waals surface area contributed by atoms with Crippen LogP contribution >= 0.6 is 0 Å². The van der Waals surface area contributed by atoms with Gasteiger partial charge in [-0.2, -0.15) is 13.2 Å². The number of alkyl halides is 3. The number of hydrogen-bond acceptors (Lipinski definition) is 2.